The fourth-order valence-corrected chi connectivity index (χ4v) is 5.24. The molecule has 3 aromatic rings. The van der Waals surface area contributed by atoms with Gasteiger partial charge in [-0.2, -0.15) is 0 Å². The smallest absolute Gasteiger partial charge is 0.343 e. The van der Waals surface area contributed by atoms with E-state index in [9.17, 15) is 4.79 Å². The van der Waals surface area contributed by atoms with Gasteiger partial charge in [0.15, 0.2) is 0 Å². The van der Waals surface area contributed by atoms with E-state index < -0.39 is 0 Å². The minimum atomic E-state index is -0.343. The molecule has 1 fully saturated rings. The fraction of sp³-hybridized carbons (Fsp3) is 0.441. The van der Waals surface area contributed by atoms with Crippen LogP contribution in [0.1, 0.15) is 73.0 Å². The van der Waals surface area contributed by atoms with Crippen LogP contribution in [-0.4, -0.2) is 39.0 Å². The number of rotatable bonds is 14. The first-order valence-corrected chi connectivity index (χ1v) is 14.4. The molecular weight excluding hydrogens is 488 g/mol. The molecule has 1 heterocycles. The van der Waals surface area contributed by atoms with Gasteiger partial charge in [-0.1, -0.05) is 51.0 Å². The highest BCUT2D eigenvalue weighted by Gasteiger charge is 2.33. The van der Waals surface area contributed by atoms with Gasteiger partial charge in [0, 0.05) is 12.0 Å². The Labute approximate surface area is 232 Å². The number of benzene rings is 3. The van der Waals surface area contributed by atoms with Gasteiger partial charge in [0.2, 0.25) is 0 Å². The van der Waals surface area contributed by atoms with Gasteiger partial charge >= 0.3 is 5.97 Å². The van der Waals surface area contributed by atoms with Gasteiger partial charge in [-0.05, 0) is 96.3 Å². The van der Waals surface area contributed by atoms with E-state index in [0.29, 0.717) is 17.9 Å². The molecule has 1 aliphatic heterocycles. The van der Waals surface area contributed by atoms with Crippen LogP contribution in [0.5, 0.6) is 11.5 Å². The van der Waals surface area contributed by atoms with E-state index in [0.717, 1.165) is 57.9 Å². The van der Waals surface area contributed by atoms with Gasteiger partial charge in [0.05, 0.1) is 32.0 Å². The van der Waals surface area contributed by atoms with Crippen molar-refractivity contribution in [3.8, 4) is 22.6 Å². The number of hydrogen-bond donors (Lipinski definition) is 0. The first kappa shape index (κ1) is 27.4. The molecule has 0 atom stereocenters. The number of carbonyl (C=O) groups excluding carboxylic acids is 1. The summed E-state index contributed by atoms with van der Waals surface area (Å²) in [6.45, 7) is 8.14. The maximum atomic E-state index is 12.9. The molecule has 0 spiro atoms. The first-order chi connectivity index (χ1) is 19.0. The molecule has 206 valence electrons. The van der Waals surface area contributed by atoms with Crippen molar-refractivity contribution in [2.45, 2.75) is 58.8 Å². The number of esters is 1. The lowest BCUT2D eigenvalue weighted by molar-refractivity contribution is -0.138. The quantitative estimate of drug-likeness (QED) is 0.0968. The normalized spacial score (nSPS) is 14.8. The van der Waals surface area contributed by atoms with E-state index in [4.69, 9.17) is 18.9 Å². The van der Waals surface area contributed by atoms with Crippen molar-refractivity contribution in [3.05, 3.63) is 82.9 Å². The number of unbranched alkanes of at least 4 members (excludes halogenated alkanes) is 3. The Bertz CT molecular complexity index is 1260. The average Bonchev–Trinajstić information content (AvgIpc) is 3.29. The summed E-state index contributed by atoms with van der Waals surface area (Å²) >= 11 is 0. The van der Waals surface area contributed by atoms with Crippen LogP contribution in [0.3, 0.4) is 0 Å². The third-order valence-electron chi connectivity index (χ3n) is 7.59. The van der Waals surface area contributed by atoms with Gasteiger partial charge in [-0.3, -0.25) is 0 Å². The molecule has 0 N–H and O–H groups in total. The van der Waals surface area contributed by atoms with Crippen molar-refractivity contribution in [1.29, 1.82) is 0 Å². The number of aryl methyl sites for hydroxylation is 1. The molecule has 5 nitrogen and oxygen atoms in total. The lowest BCUT2D eigenvalue weighted by Crippen LogP contribution is -2.43. The Hall–Kier alpha value is -3.15. The van der Waals surface area contributed by atoms with Gasteiger partial charge in [-0.25, -0.2) is 4.79 Å². The molecule has 1 saturated heterocycles. The van der Waals surface area contributed by atoms with Crippen molar-refractivity contribution >= 4 is 5.97 Å². The number of fused-ring (bicyclic) bond motifs is 3. The molecule has 0 aromatic heterocycles. The van der Waals surface area contributed by atoms with Gasteiger partial charge in [-0.15, -0.1) is 0 Å². The maximum absolute atomic E-state index is 12.9. The number of hydrogen-bond acceptors (Lipinski definition) is 5. The van der Waals surface area contributed by atoms with Crippen LogP contribution in [0.15, 0.2) is 60.7 Å². The lowest BCUT2D eigenvalue weighted by atomic mass is 9.90. The van der Waals surface area contributed by atoms with Crippen LogP contribution >= 0.6 is 0 Å². The molecular formula is C34H40O5. The summed E-state index contributed by atoms with van der Waals surface area (Å²) in [5.74, 6) is 0.930. The Balaban J connectivity index is 1.06. The summed E-state index contributed by atoms with van der Waals surface area (Å²) in [7, 11) is 0. The lowest BCUT2D eigenvalue weighted by Gasteiger charge is -2.37. The van der Waals surface area contributed by atoms with Crippen LogP contribution in [-0.2, 0) is 22.3 Å². The monoisotopic (exact) mass is 528 g/mol. The van der Waals surface area contributed by atoms with E-state index in [-0.39, 0.29) is 11.4 Å². The molecule has 0 bridgehead atoms. The molecule has 1 aliphatic carbocycles. The summed E-state index contributed by atoms with van der Waals surface area (Å²) in [6.07, 6.45) is 7.61. The summed E-state index contributed by atoms with van der Waals surface area (Å²) in [4.78, 5) is 12.9. The minimum Gasteiger partial charge on any atom is -0.494 e. The highest BCUT2D eigenvalue weighted by molar-refractivity contribution is 5.93. The van der Waals surface area contributed by atoms with Crippen LogP contribution in [0.25, 0.3) is 11.1 Å². The molecule has 5 rings (SSSR count). The second-order valence-electron chi connectivity index (χ2n) is 11.3. The van der Waals surface area contributed by atoms with Crippen LogP contribution < -0.4 is 9.47 Å². The third kappa shape index (κ3) is 7.09. The molecule has 0 saturated carbocycles. The zero-order valence-corrected chi connectivity index (χ0v) is 23.3. The van der Waals surface area contributed by atoms with E-state index >= 15 is 0 Å². The summed E-state index contributed by atoms with van der Waals surface area (Å²) in [6, 6.07) is 20.0. The Kier molecular flexibility index (Phi) is 9.00. The van der Waals surface area contributed by atoms with Gasteiger partial charge in [0.25, 0.3) is 0 Å². The largest absolute Gasteiger partial charge is 0.494 e. The average molecular weight is 529 g/mol. The topological polar surface area (TPSA) is 54.0 Å². The van der Waals surface area contributed by atoms with Crippen molar-refractivity contribution in [2.75, 3.05) is 33.0 Å². The minimum absolute atomic E-state index is 0.200. The van der Waals surface area contributed by atoms with Crippen molar-refractivity contribution < 1.29 is 23.7 Å². The van der Waals surface area contributed by atoms with E-state index in [1.54, 1.807) is 12.1 Å². The zero-order chi connectivity index (χ0) is 27.1. The SMILES string of the molecule is CCCCCc1ccc2c(c1)Cc1cc(C(=O)Oc3ccc(OCCCCOCC4(C)COC4)cc3)ccc1-2. The molecule has 2 aliphatic rings. The van der Waals surface area contributed by atoms with Crippen molar-refractivity contribution in [3.63, 3.8) is 0 Å². The van der Waals surface area contributed by atoms with Crippen LogP contribution in [0, 0.1) is 5.41 Å². The van der Waals surface area contributed by atoms with Crippen molar-refractivity contribution in [1.82, 2.24) is 0 Å². The molecule has 5 heteroatoms. The van der Waals surface area contributed by atoms with E-state index in [2.05, 4.69) is 38.1 Å². The van der Waals surface area contributed by atoms with Gasteiger partial charge in [0.1, 0.15) is 11.5 Å². The molecule has 3 aromatic carbocycles. The second kappa shape index (κ2) is 12.8. The van der Waals surface area contributed by atoms with E-state index in [1.807, 2.05) is 24.3 Å². The first-order valence-electron chi connectivity index (χ1n) is 14.4. The Morgan fingerprint density at radius 1 is 0.846 bits per heavy atom. The number of ether oxygens (including phenoxy) is 4. The summed E-state index contributed by atoms with van der Waals surface area (Å²) in [5.41, 5.74) is 7.22. The fourth-order valence-electron chi connectivity index (χ4n) is 5.24. The third-order valence-corrected chi connectivity index (χ3v) is 7.59. The van der Waals surface area contributed by atoms with Gasteiger partial charge < -0.3 is 18.9 Å². The standard InChI is InChI=1S/C34H40O5/c1-3-4-5-8-25-9-15-31-27(19-25)21-28-20-26(10-16-32(28)31)33(35)39-30-13-11-29(12-14-30)38-18-7-6-17-36-22-34(2)23-37-24-34/h9-16,19-20H,3-8,17-18,21-24H2,1-2H3. The summed E-state index contributed by atoms with van der Waals surface area (Å²) in [5, 5.41) is 0. The van der Waals surface area contributed by atoms with E-state index in [1.165, 1.54) is 47.1 Å². The predicted octanol–water partition coefficient (Wildman–Crippen LogP) is 7.42. The molecule has 0 amide bonds. The van der Waals surface area contributed by atoms with Crippen LogP contribution in [0.4, 0.5) is 0 Å². The molecule has 39 heavy (non-hydrogen) atoms. The Morgan fingerprint density at radius 3 is 2.31 bits per heavy atom. The summed E-state index contributed by atoms with van der Waals surface area (Å²) < 4.78 is 22.5. The second-order valence-corrected chi connectivity index (χ2v) is 11.3. The molecule has 0 radical (unpaired) electrons. The predicted molar refractivity (Wildman–Crippen MR) is 154 cm³/mol. The number of carbonyl (C=O) groups is 1. The highest BCUT2D eigenvalue weighted by atomic mass is 16.5. The Morgan fingerprint density at radius 2 is 1.56 bits per heavy atom. The molecule has 0 unspecified atom stereocenters. The maximum Gasteiger partial charge on any atom is 0.343 e. The van der Waals surface area contributed by atoms with Crippen molar-refractivity contribution in [2.24, 2.45) is 5.41 Å². The van der Waals surface area contributed by atoms with Crippen LogP contribution in [0.2, 0.25) is 0 Å². The zero-order valence-electron chi connectivity index (χ0n) is 23.3. The highest BCUT2D eigenvalue weighted by Crippen LogP contribution is 2.38.